The van der Waals surface area contributed by atoms with E-state index < -0.39 is 0 Å². The van der Waals surface area contributed by atoms with E-state index in [1.165, 1.54) is 19.3 Å². The third-order valence-electron chi connectivity index (χ3n) is 4.86. The lowest BCUT2D eigenvalue weighted by Gasteiger charge is -2.35. The van der Waals surface area contributed by atoms with Gasteiger partial charge in [-0.15, -0.1) is 0 Å². The molecule has 2 fully saturated rings. The predicted molar refractivity (Wildman–Crippen MR) is 91.5 cm³/mol. The van der Waals surface area contributed by atoms with E-state index in [9.17, 15) is 4.79 Å². The van der Waals surface area contributed by atoms with Crippen LogP contribution in [0, 0.1) is 5.92 Å². The molecule has 21 heavy (non-hydrogen) atoms. The first kappa shape index (κ1) is 17.1. The predicted octanol–water partition coefficient (Wildman–Crippen LogP) is 3.63. The Labute approximate surface area is 134 Å². The van der Waals surface area contributed by atoms with Crippen molar-refractivity contribution in [1.29, 1.82) is 0 Å². The van der Waals surface area contributed by atoms with Crippen LogP contribution in [0.1, 0.15) is 66.2 Å². The first-order valence-corrected chi connectivity index (χ1v) is 9.84. The highest BCUT2D eigenvalue weighted by Gasteiger charge is 2.46. The number of amides is 1. The second kappa shape index (κ2) is 7.87. The molecule has 0 aromatic heterocycles. The van der Waals surface area contributed by atoms with Crippen molar-refractivity contribution in [2.75, 3.05) is 5.75 Å². The molecule has 4 heteroatoms. The minimum Gasteiger partial charge on any atom is -0.321 e. The normalized spacial score (nSPS) is 33.4. The molecule has 4 atom stereocenters. The smallest absolute Gasteiger partial charge is 0.241 e. The Morgan fingerprint density at radius 2 is 2.10 bits per heavy atom. The third kappa shape index (κ3) is 3.76. The van der Waals surface area contributed by atoms with Gasteiger partial charge in [-0.25, -0.2) is 0 Å². The van der Waals surface area contributed by atoms with E-state index in [0.29, 0.717) is 23.1 Å². The van der Waals surface area contributed by atoms with Crippen molar-refractivity contribution in [1.82, 2.24) is 10.2 Å². The lowest BCUT2D eigenvalue weighted by Crippen LogP contribution is -2.49. The molecule has 4 unspecified atom stereocenters. The number of carbonyl (C=O) groups excluding carboxylic acids is 1. The van der Waals surface area contributed by atoms with Crippen molar-refractivity contribution >= 4 is 17.7 Å². The fourth-order valence-electron chi connectivity index (χ4n) is 3.81. The van der Waals surface area contributed by atoms with Gasteiger partial charge >= 0.3 is 0 Å². The van der Waals surface area contributed by atoms with Gasteiger partial charge in [0.25, 0.3) is 0 Å². The highest BCUT2D eigenvalue weighted by atomic mass is 32.2. The average Bonchev–Trinajstić information content (AvgIpc) is 3.01. The van der Waals surface area contributed by atoms with Crippen molar-refractivity contribution in [3.05, 3.63) is 0 Å². The standard InChI is InChI=1S/C17H32N2OS/c1-5-7-9-13-17(20)19(16(18-13)12(3)4)14-10-8-11-15(14)21-6-2/h12-16,18H,5-11H2,1-4H3. The summed E-state index contributed by atoms with van der Waals surface area (Å²) in [6, 6.07) is 0.513. The molecule has 2 aliphatic rings. The van der Waals surface area contributed by atoms with Gasteiger partial charge in [0.1, 0.15) is 0 Å². The summed E-state index contributed by atoms with van der Waals surface area (Å²) in [5.74, 6) is 2.01. The Morgan fingerprint density at radius 3 is 2.71 bits per heavy atom. The Hall–Kier alpha value is -0.220. The number of hydrogen-bond donors (Lipinski definition) is 1. The van der Waals surface area contributed by atoms with E-state index >= 15 is 0 Å². The second-order valence-electron chi connectivity index (χ2n) is 6.79. The maximum Gasteiger partial charge on any atom is 0.241 e. The summed E-state index contributed by atoms with van der Waals surface area (Å²) in [6.45, 7) is 8.89. The van der Waals surface area contributed by atoms with Gasteiger partial charge in [0, 0.05) is 11.3 Å². The number of rotatable bonds is 7. The van der Waals surface area contributed by atoms with E-state index in [1.54, 1.807) is 0 Å². The van der Waals surface area contributed by atoms with Crippen LogP contribution < -0.4 is 5.32 Å². The van der Waals surface area contributed by atoms with Crippen LogP contribution in [-0.2, 0) is 4.79 Å². The Morgan fingerprint density at radius 1 is 1.33 bits per heavy atom. The minimum atomic E-state index is 0.0604. The molecule has 3 nitrogen and oxygen atoms in total. The van der Waals surface area contributed by atoms with E-state index in [2.05, 4.69) is 37.9 Å². The van der Waals surface area contributed by atoms with Gasteiger partial charge in [0.2, 0.25) is 5.91 Å². The van der Waals surface area contributed by atoms with Crippen LogP contribution >= 0.6 is 11.8 Å². The monoisotopic (exact) mass is 312 g/mol. The summed E-state index contributed by atoms with van der Waals surface area (Å²) >= 11 is 2.05. The van der Waals surface area contributed by atoms with Gasteiger partial charge in [-0.1, -0.05) is 47.0 Å². The van der Waals surface area contributed by atoms with Crippen LogP contribution in [0.4, 0.5) is 0 Å². The lowest BCUT2D eigenvalue weighted by molar-refractivity contribution is -0.132. The number of nitrogens with zero attached hydrogens (tertiary/aromatic N) is 1. The highest BCUT2D eigenvalue weighted by Crippen LogP contribution is 2.37. The van der Waals surface area contributed by atoms with Gasteiger partial charge in [-0.3, -0.25) is 10.1 Å². The average molecular weight is 313 g/mol. The second-order valence-corrected chi connectivity index (χ2v) is 8.30. The third-order valence-corrected chi connectivity index (χ3v) is 6.17. The summed E-state index contributed by atoms with van der Waals surface area (Å²) in [6.07, 6.45) is 7.27. The van der Waals surface area contributed by atoms with Gasteiger partial charge < -0.3 is 4.90 Å². The van der Waals surface area contributed by atoms with Crippen LogP contribution in [0.3, 0.4) is 0 Å². The zero-order valence-corrected chi connectivity index (χ0v) is 14.9. The van der Waals surface area contributed by atoms with Gasteiger partial charge in [-0.05, 0) is 30.9 Å². The van der Waals surface area contributed by atoms with Crippen molar-refractivity contribution in [2.24, 2.45) is 5.92 Å². The minimum absolute atomic E-state index is 0.0604. The highest BCUT2D eigenvalue weighted by molar-refractivity contribution is 7.99. The zero-order valence-electron chi connectivity index (χ0n) is 14.1. The van der Waals surface area contributed by atoms with Crippen LogP contribution in [0.15, 0.2) is 0 Å². The number of unbranched alkanes of at least 4 members (excludes halogenated alkanes) is 1. The maximum atomic E-state index is 12.9. The van der Waals surface area contributed by atoms with Crippen LogP contribution in [0.25, 0.3) is 0 Å². The Kier molecular flexibility index (Phi) is 6.42. The van der Waals surface area contributed by atoms with Gasteiger partial charge in [0.15, 0.2) is 0 Å². The number of carbonyl (C=O) groups is 1. The molecule has 1 aliphatic heterocycles. The quantitative estimate of drug-likeness (QED) is 0.779. The van der Waals surface area contributed by atoms with Crippen molar-refractivity contribution in [3.8, 4) is 0 Å². The first-order chi connectivity index (χ1) is 10.1. The molecule has 0 spiro atoms. The largest absolute Gasteiger partial charge is 0.321 e. The summed E-state index contributed by atoms with van der Waals surface area (Å²) < 4.78 is 0. The molecule has 122 valence electrons. The number of nitrogens with one attached hydrogen (secondary N) is 1. The Bertz CT molecular complexity index is 348. The van der Waals surface area contributed by atoms with Crippen LogP contribution in [0.2, 0.25) is 0 Å². The molecule has 1 N–H and O–H groups in total. The summed E-state index contributed by atoms with van der Waals surface area (Å²) in [4.78, 5) is 15.2. The number of hydrogen-bond acceptors (Lipinski definition) is 3. The Balaban J connectivity index is 2.12. The molecule has 0 aromatic rings. The molecule has 1 saturated carbocycles. The topological polar surface area (TPSA) is 32.3 Å². The molecule has 1 amide bonds. The van der Waals surface area contributed by atoms with E-state index in [-0.39, 0.29) is 12.2 Å². The fourth-order valence-corrected chi connectivity index (χ4v) is 5.06. The SMILES string of the molecule is CCCCC1NC(C(C)C)N(C2CCCC2SCC)C1=O. The molecule has 1 aliphatic carbocycles. The molecule has 2 rings (SSSR count). The summed E-state index contributed by atoms with van der Waals surface area (Å²) in [5, 5.41) is 4.28. The lowest BCUT2D eigenvalue weighted by atomic mass is 10.1. The fraction of sp³-hybridized carbons (Fsp3) is 0.941. The summed E-state index contributed by atoms with van der Waals surface area (Å²) in [7, 11) is 0. The molecule has 0 bridgehead atoms. The van der Waals surface area contributed by atoms with Crippen molar-refractivity contribution in [2.45, 2.75) is 89.7 Å². The van der Waals surface area contributed by atoms with E-state index in [0.717, 1.165) is 25.0 Å². The first-order valence-electron chi connectivity index (χ1n) is 8.79. The van der Waals surface area contributed by atoms with E-state index in [1.807, 2.05) is 11.8 Å². The van der Waals surface area contributed by atoms with Crippen LogP contribution in [0.5, 0.6) is 0 Å². The molecular formula is C17H32N2OS. The molecule has 1 heterocycles. The van der Waals surface area contributed by atoms with Gasteiger partial charge in [-0.2, -0.15) is 11.8 Å². The van der Waals surface area contributed by atoms with Gasteiger partial charge in [0.05, 0.1) is 12.2 Å². The molecule has 0 radical (unpaired) electrons. The molecule has 1 saturated heterocycles. The molecule has 0 aromatic carbocycles. The van der Waals surface area contributed by atoms with Crippen LogP contribution in [-0.4, -0.2) is 40.1 Å². The maximum absolute atomic E-state index is 12.9. The zero-order chi connectivity index (χ0) is 15.4. The van der Waals surface area contributed by atoms with E-state index in [4.69, 9.17) is 0 Å². The summed E-state index contributed by atoms with van der Waals surface area (Å²) in [5.41, 5.74) is 0. The molecular weight excluding hydrogens is 280 g/mol. The number of thioether (sulfide) groups is 1. The van der Waals surface area contributed by atoms with Crippen molar-refractivity contribution < 1.29 is 4.79 Å². The van der Waals surface area contributed by atoms with Crippen molar-refractivity contribution in [3.63, 3.8) is 0 Å².